The van der Waals surface area contributed by atoms with Gasteiger partial charge in [-0.25, -0.2) is 9.97 Å². The molecule has 1 aromatic carbocycles. The first-order valence-electron chi connectivity index (χ1n) is 8.85. The van der Waals surface area contributed by atoms with Crippen LogP contribution in [0.5, 0.6) is 5.75 Å². The van der Waals surface area contributed by atoms with Crippen LogP contribution in [0.25, 0.3) is 0 Å². The Kier molecular flexibility index (Phi) is 6.64. The summed E-state index contributed by atoms with van der Waals surface area (Å²) in [7, 11) is 3.07. The number of benzene rings is 1. The van der Waals surface area contributed by atoms with Crippen molar-refractivity contribution in [2.75, 3.05) is 38.2 Å². The van der Waals surface area contributed by atoms with Crippen LogP contribution >= 0.6 is 11.6 Å². The smallest absolute Gasteiger partial charge is 0.420 e. The zero-order valence-electron chi connectivity index (χ0n) is 15.6. The molecule has 11 heteroatoms. The Morgan fingerprint density at radius 2 is 2.00 bits per heavy atom. The van der Waals surface area contributed by atoms with Gasteiger partial charge in [0, 0.05) is 56.1 Å². The first-order valence-corrected chi connectivity index (χ1v) is 9.22. The minimum Gasteiger partial charge on any atom is -0.496 e. The second-order valence-electron chi connectivity index (χ2n) is 6.47. The average Bonchev–Trinajstić information content (AvgIpc) is 2.68. The molecule has 0 atom stereocenters. The first-order chi connectivity index (χ1) is 13.8. The minimum absolute atomic E-state index is 0.173. The summed E-state index contributed by atoms with van der Waals surface area (Å²) in [6.45, 7) is 2.98. The highest BCUT2D eigenvalue weighted by atomic mass is 35.5. The summed E-state index contributed by atoms with van der Waals surface area (Å²) in [6.07, 6.45) is -2.93. The van der Waals surface area contributed by atoms with E-state index in [0.717, 1.165) is 43.6 Å². The molecule has 0 spiro atoms. The lowest BCUT2D eigenvalue weighted by Crippen LogP contribution is -2.48. The van der Waals surface area contributed by atoms with E-state index in [1.54, 1.807) is 0 Å². The van der Waals surface area contributed by atoms with Crippen molar-refractivity contribution in [1.29, 1.82) is 0 Å². The Bertz CT molecular complexity index is 877. The van der Waals surface area contributed by atoms with Gasteiger partial charge < -0.3 is 19.2 Å². The van der Waals surface area contributed by atoms with Crippen molar-refractivity contribution in [3.8, 4) is 5.75 Å². The van der Waals surface area contributed by atoms with Crippen LogP contribution in [0.4, 0.5) is 18.9 Å². The molecule has 29 heavy (non-hydrogen) atoms. The van der Waals surface area contributed by atoms with Gasteiger partial charge in [0.1, 0.15) is 22.3 Å². The van der Waals surface area contributed by atoms with E-state index >= 15 is 0 Å². The Morgan fingerprint density at radius 3 is 2.59 bits per heavy atom. The Morgan fingerprint density at radius 1 is 1.28 bits per heavy atom. The number of ether oxygens (including phenoxy) is 1. The number of halogens is 4. The number of anilines is 1. The molecular formula is C18H18BClF3N4O2. The molecule has 153 valence electrons. The van der Waals surface area contributed by atoms with Gasteiger partial charge >= 0.3 is 6.18 Å². The molecule has 0 amide bonds. The third-order valence-corrected chi connectivity index (χ3v) is 4.96. The quantitative estimate of drug-likeness (QED) is 0.403. The summed E-state index contributed by atoms with van der Waals surface area (Å²) in [5.74, 6) is 0.760. The molecule has 1 saturated heterocycles. The van der Waals surface area contributed by atoms with Crippen molar-refractivity contribution in [1.82, 2.24) is 14.8 Å². The molecule has 0 unspecified atom stereocenters. The number of piperazine rings is 1. The molecule has 0 bridgehead atoms. The SMILES string of the molecule is COc1cc(N2CCN([B]C=O)CC2)ccc1Cc1ncc(C(F)(F)F)c(Cl)n1. The lowest BCUT2D eigenvalue weighted by atomic mass is 9.93. The van der Waals surface area contributed by atoms with Crippen molar-refractivity contribution >= 4 is 30.9 Å². The number of carbonyl (C=O) groups is 1. The maximum Gasteiger partial charge on any atom is 0.420 e. The standard InChI is InChI=1S/C18H18BClF3N4O2/c1-29-15-9-13(26-4-6-27(7-5-26)19-11-28)3-2-12(15)8-16-24-10-14(17(20)25-16)18(21,22)23/h2-3,9-11H,4-8H2,1H3. The van der Waals surface area contributed by atoms with Gasteiger partial charge in [-0.2, -0.15) is 13.2 Å². The molecule has 1 aliphatic rings. The summed E-state index contributed by atoms with van der Waals surface area (Å²) in [6, 6.07) is 5.63. The highest BCUT2D eigenvalue weighted by Crippen LogP contribution is 2.33. The number of nitrogens with zero attached hydrogens (tertiary/aromatic N) is 4. The Hall–Kier alpha value is -2.33. The van der Waals surface area contributed by atoms with Gasteiger partial charge in [-0.1, -0.05) is 17.7 Å². The normalized spacial score (nSPS) is 15.3. The van der Waals surface area contributed by atoms with Crippen LogP contribution < -0.4 is 9.64 Å². The molecule has 0 saturated carbocycles. The minimum atomic E-state index is -4.59. The second-order valence-corrected chi connectivity index (χ2v) is 6.83. The van der Waals surface area contributed by atoms with E-state index in [4.69, 9.17) is 16.3 Å². The predicted molar refractivity (Wildman–Crippen MR) is 104 cm³/mol. The fraction of sp³-hybridized carbons (Fsp3) is 0.389. The Balaban J connectivity index is 1.74. The largest absolute Gasteiger partial charge is 0.496 e. The first kappa shape index (κ1) is 21.4. The summed E-state index contributed by atoms with van der Waals surface area (Å²) in [5.41, 5.74) is 0.638. The van der Waals surface area contributed by atoms with Crippen LogP contribution in [-0.4, -0.2) is 61.7 Å². The van der Waals surface area contributed by atoms with E-state index < -0.39 is 16.9 Å². The highest BCUT2D eigenvalue weighted by molar-refractivity contribution is 6.64. The monoisotopic (exact) mass is 425 g/mol. The van der Waals surface area contributed by atoms with Crippen LogP contribution in [0.1, 0.15) is 17.0 Å². The van der Waals surface area contributed by atoms with Crippen molar-refractivity contribution in [3.05, 3.63) is 46.5 Å². The molecule has 1 aromatic heterocycles. The molecule has 2 aromatic rings. The lowest BCUT2D eigenvalue weighted by molar-refractivity contribution is -0.138. The highest BCUT2D eigenvalue weighted by Gasteiger charge is 2.34. The third-order valence-electron chi connectivity index (χ3n) is 4.67. The number of alkyl halides is 3. The van der Waals surface area contributed by atoms with E-state index in [9.17, 15) is 18.0 Å². The Labute approximate surface area is 171 Å². The second kappa shape index (κ2) is 9.00. The van der Waals surface area contributed by atoms with Gasteiger partial charge in [0.05, 0.1) is 13.3 Å². The number of methoxy groups -OCH3 is 1. The van der Waals surface area contributed by atoms with Crippen molar-refractivity contribution in [2.45, 2.75) is 12.6 Å². The molecule has 2 heterocycles. The van der Waals surface area contributed by atoms with Crippen molar-refractivity contribution in [2.24, 2.45) is 0 Å². The molecular weight excluding hydrogens is 407 g/mol. The summed E-state index contributed by atoms with van der Waals surface area (Å²) in [5, 5.41) is -0.622. The lowest BCUT2D eigenvalue weighted by Gasteiger charge is -2.35. The molecule has 0 aliphatic carbocycles. The number of hydrogen-bond acceptors (Lipinski definition) is 6. The van der Waals surface area contributed by atoms with Gasteiger partial charge in [-0.05, 0) is 6.07 Å². The van der Waals surface area contributed by atoms with Gasteiger partial charge in [0.15, 0.2) is 0 Å². The zero-order chi connectivity index (χ0) is 21.0. The molecule has 6 nitrogen and oxygen atoms in total. The van der Waals surface area contributed by atoms with E-state index in [1.165, 1.54) is 14.5 Å². The summed E-state index contributed by atoms with van der Waals surface area (Å²) < 4.78 is 43.9. The van der Waals surface area contributed by atoms with Gasteiger partial charge in [0.2, 0.25) is 0 Å². The maximum absolute atomic E-state index is 12.8. The molecule has 1 fully saturated rings. The van der Waals surface area contributed by atoms with Crippen LogP contribution in [0, 0.1) is 0 Å². The van der Waals surface area contributed by atoms with Crippen LogP contribution in [-0.2, 0) is 17.4 Å². The molecule has 0 N–H and O–H groups in total. The van der Waals surface area contributed by atoms with E-state index in [1.807, 2.05) is 23.0 Å². The van der Waals surface area contributed by atoms with Crippen LogP contribution in [0.2, 0.25) is 5.15 Å². The molecule has 1 radical (unpaired) electrons. The maximum atomic E-state index is 12.8. The van der Waals surface area contributed by atoms with Gasteiger partial charge in [0.25, 0.3) is 7.41 Å². The zero-order valence-corrected chi connectivity index (χ0v) is 16.4. The predicted octanol–water partition coefficient (Wildman–Crippen LogP) is 2.68. The number of carbonyl (C=O) groups excluding carboxylic acids is 1. The number of hydrogen-bond donors (Lipinski definition) is 0. The summed E-state index contributed by atoms with van der Waals surface area (Å²) >= 11 is 5.68. The summed E-state index contributed by atoms with van der Waals surface area (Å²) in [4.78, 5) is 22.3. The number of aromatic nitrogens is 2. The van der Waals surface area contributed by atoms with Crippen LogP contribution in [0.3, 0.4) is 0 Å². The number of rotatable bonds is 6. The molecule has 3 rings (SSSR count). The molecule has 1 aliphatic heterocycles. The average molecular weight is 426 g/mol. The van der Waals surface area contributed by atoms with Crippen molar-refractivity contribution in [3.63, 3.8) is 0 Å². The van der Waals surface area contributed by atoms with Gasteiger partial charge in [-0.3, -0.25) is 0 Å². The van der Waals surface area contributed by atoms with Crippen molar-refractivity contribution < 1.29 is 22.7 Å². The third kappa shape index (κ3) is 5.19. The van der Waals surface area contributed by atoms with E-state index in [-0.39, 0.29) is 12.2 Å². The fourth-order valence-electron chi connectivity index (χ4n) is 3.13. The van der Waals surface area contributed by atoms with E-state index in [0.29, 0.717) is 11.9 Å². The van der Waals surface area contributed by atoms with Gasteiger partial charge in [-0.15, -0.1) is 0 Å². The van der Waals surface area contributed by atoms with Crippen LogP contribution in [0.15, 0.2) is 24.4 Å². The fourth-order valence-corrected chi connectivity index (χ4v) is 3.39. The topological polar surface area (TPSA) is 58.6 Å². The van der Waals surface area contributed by atoms with E-state index in [2.05, 4.69) is 14.9 Å².